The van der Waals surface area contributed by atoms with Crippen molar-refractivity contribution in [1.82, 2.24) is 5.32 Å². The first-order valence-corrected chi connectivity index (χ1v) is 10.5. The third-order valence-electron chi connectivity index (χ3n) is 4.21. The summed E-state index contributed by atoms with van der Waals surface area (Å²) in [5.74, 6) is -1.19. The van der Waals surface area contributed by atoms with E-state index in [1.54, 1.807) is 30.3 Å². The van der Waals surface area contributed by atoms with Gasteiger partial charge in [-0.3, -0.25) is 14.6 Å². The topological polar surface area (TPSA) is 95.9 Å². The van der Waals surface area contributed by atoms with E-state index in [1.165, 1.54) is 6.07 Å². The highest BCUT2D eigenvalue weighted by atomic mass is 31.2. The van der Waals surface area contributed by atoms with Gasteiger partial charge in [-0.15, -0.1) is 0 Å². The average Bonchev–Trinajstić information content (AvgIpc) is 2.62. The van der Waals surface area contributed by atoms with Crippen LogP contribution in [0.25, 0.3) is 10.8 Å². The molecule has 148 valence electrons. The molecule has 0 aliphatic rings. The first-order valence-electron chi connectivity index (χ1n) is 9.02. The number of halogens is 1. The van der Waals surface area contributed by atoms with E-state index in [0.29, 0.717) is 17.3 Å². The Bertz CT molecular complexity index is 823. The summed E-state index contributed by atoms with van der Waals surface area (Å²) in [7, 11) is -4.90. The Labute approximate surface area is 158 Å². The zero-order valence-electron chi connectivity index (χ0n) is 15.2. The fourth-order valence-corrected chi connectivity index (χ4v) is 3.32. The van der Waals surface area contributed by atoms with Crippen LogP contribution in [0, 0.1) is 0 Å². The van der Waals surface area contributed by atoms with Gasteiger partial charge >= 0.3 is 7.82 Å². The van der Waals surface area contributed by atoms with Gasteiger partial charge in [-0.25, -0.2) is 8.96 Å². The molecule has 0 saturated heterocycles. The van der Waals surface area contributed by atoms with Gasteiger partial charge in [0.2, 0.25) is 6.17 Å². The highest BCUT2D eigenvalue weighted by Crippen LogP contribution is 2.43. The average molecular weight is 397 g/mol. The minimum atomic E-state index is -4.90. The Balaban J connectivity index is 2.19. The first-order chi connectivity index (χ1) is 12.8. The summed E-state index contributed by atoms with van der Waals surface area (Å²) in [4.78, 5) is 30.5. The number of phosphoric ester groups is 1. The van der Waals surface area contributed by atoms with E-state index >= 15 is 0 Å². The van der Waals surface area contributed by atoms with Crippen molar-refractivity contribution in [3.63, 3.8) is 0 Å². The molecule has 1 atom stereocenters. The molecule has 0 bridgehead atoms. The smallest absolute Gasteiger partial charge is 0.404 e. The number of carbonyl (C=O) groups excluding carboxylic acids is 1. The highest BCUT2D eigenvalue weighted by molar-refractivity contribution is 7.46. The predicted molar refractivity (Wildman–Crippen MR) is 102 cm³/mol. The molecule has 0 radical (unpaired) electrons. The summed E-state index contributed by atoms with van der Waals surface area (Å²) in [5, 5.41) is 3.56. The van der Waals surface area contributed by atoms with Crippen LogP contribution in [0.4, 0.5) is 4.39 Å². The Kier molecular flexibility index (Phi) is 7.78. The molecule has 6 nitrogen and oxygen atoms in total. The SMILES string of the molecule is CCCCCCCNC(=O)C(F)c1c(OP(=O)(O)O)ccc2ccccc12. The van der Waals surface area contributed by atoms with E-state index in [1.807, 2.05) is 0 Å². The maximum Gasteiger partial charge on any atom is 0.524 e. The lowest BCUT2D eigenvalue weighted by Gasteiger charge is -2.17. The number of fused-ring (bicyclic) bond motifs is 1. The lowest BCUT2D eigenvalue weighted by atomic mass is 9.99. The first kappa shape index (κ1) is 21.4. The Morgan fingerprint density at radius 1 is 1.15 bits per heavy atom. The van der Waals surface area contributed by atoms with Crippen molar-refractivity contribution in [2.24, 2.45) is 0 Å². The summed E-state index contributed by atoms with van der Waals surface area (Å²) >= 11 is 0. The van der Waals surface area contributed by atoms with E-state index in [0.717, 1.165) is 32.1 Å². The number of hydrogen-bond donors (Lipinski definition) is 3. The molecule has 0 aliphatic carbocycles. The van der Waals surface area contributed by atoms with Crippen molar-refractivity contribution >= 4 is 24.5 Å². The summed E-state index contributed by atoms with van der Waals surface area (Å²) in [6.07, 6.45) is 2.90. The number of unbranched alkanes of at least 4 members (excludes halogenated alkanes) is 4. The van der Waals surface area contributed by atoms with Crippen LogP contribution in [0.15, 0.2) is 36.4 Å². The van der Waals surface area contributed by atoms with Gasteiger partial charge in [0, 0.05) is 12.1 Å². The number of alkyl halides is 1. The highest BCUT2D eigenvalue weighted by Gasteiger charge is 2.28. The molecule has 0 spiro atoms. The number of hydrogen-bond acceptors (Lipinski definition) is 3. The zero-order valence-corrected chi connectivity index (χ0v) is 16.1. The van der Waals surface area contributed by atoms with Crippen LogP contribution < -0.4 is 9.84 Å². The van der Waals surface area contributed by atoms with Crippen LogP contribution in [-0.4, -0.2) is 22.2 Å². The number of amides is 1. The summed E-state index contributed by atoms with van der Waals surface area (Å²) in [5.41, 5.74) is -0.181. The summed E-state index contributed by atoms with van der Waals surface area (Å²) < 4.78 is 30.8. The van der Waals surface area contributed by atoms with Gasteiger partial charge < -0.3 is 9.84 Å². The van der Waals surface area contributed by atoms with Crippen LogP contribution in [0.3, 0.4) is 0 Å². The second kappa shape index (κ2) is 9.83. The molecule has 0 fully saturated rings. The molecule has 2 aromatic carbocycles. The second-order valence-corrected chi connectivity index (χ2v) is 7.51. The molecule has 1 unspecified atom stereocenters. The van der Waals surface area contributed by atoms with Gasteiger partial charge in [0.15, 0.2) is 0 Å². The van der Waals surface area contributed by atoms with Crippen LogP contribution >= 0.6 is 7.82 Å². The van der Waals surface area contributed by atoms with Crippen LogP contribution in [0.1, 0.15) is 50.8 Å². The maximum atomic E-state index is 15.0. The molecule has 2 aromatic rings. The number of carbonyl (C=O) groups is 1. The second-order valence-electron chi connectivity index (χ2n) is 6.35. The Hall–Kier alpha value is -1.95. The molecule has 0 saturated carbocycles. The summed E-state index contributed by atoms with van der Waals surface area (Å²) in [6, 6.07) is 9.54. The minimum absolute atomic E-state index is 0.181. The standard InChI is InChI=1S/C19H25FNO5P/c1-2-3-4-5-8-13-21-19(22)18(20)17-15-10-7-6-9-14(15)11-12-16(17)26-27(23,24)25/h6-7,9-12,18H,2-5,8,13H2,1H3,(H,21,22)(H2,23,24,25). The number of benzene rings is 2. The Morgan fingerprint density at radius 2 is 1.85 bits per heavy atom. The van der Waals surface area contributed by atoms with E-state index in [4.69, 9.17) is 9.79 Å². The van der Waals surface area contributed by atoms with Crippen molar-refractivity contribution in [2.75, 3.05) is 6.54 Å². The van der Waals surface area contributed by atoms with Gasteiger partial charge in [-0.05, 0) is 23.3 Å². The number of nitrogens with one attached hydrogen (secondary N) is 1. The fourth-order valence-electron chi connectivity index (χ4n) is 2.91. The lowest BCUT2D eigenvalue weighted by molar-refractivity contribution is -0.126. The van der Waals surface area contributed by atoms with Gasteiger partial charge in [-0.2, -0.15) is 0 Å². The quantitative estimate of drug-likeness (QED) is 0.408. The molecular formula is C19H25FNO5P. The molecule has 8 heteroatoms. The van der Waals surface area contributed by atoms with Gasteiger partial charge in [0.1, 0.15) is 5.75 Å². The zero-order chi connectivity index (χ0) is 19.9. The Morgan fingerprint density at radius 3 is 2.56 bits per heavy atom. The van der Waals surface area contributed by atoms with Crippen LogP contribution in [0.5, 0.6) is 5.75 Å². The molecule has 2 rings (SSSR count). The van der Waals surface area contributed by atoms with Crippen molar-refractivity contribution in [1.29, 1.82) is 0 Å². The normalized spacial score (nSPS) is 12.7. The fraction of sp³-hybridized carbons (Fsp3) is 0.421. The van der Waals surface area contributed by atoms with Crippen LogP contribution in [0.2, 0.25) is 0 Å². The van der Waals surface area contributed by atoms with Crippen molar-refractivity contribution in [2.45, 2.75) is 45.2 Å². The molecular weight excluding hydrogens is 372 g/mol. The van der Waals surface area contributed by atoms with E-state index in [9.17, 15) is 13.8 Å². The van der Waals surface area contributed by atoms with E-state index < -0.39 is 19.9 Å². The minimum Gasteiger partial charge on any atom is -0.404 e. The van der Waals surface area contributed by atoms with Gasteiger partial charge in [0.25, 0.3) is 5.91 Å². The maximum absolute atomic E-state index is 15.0. The van der Waals surface area contributed by atoms with E-state index in [-0.39, 0.29) is 11.3 Å². The molecule has 27 heavy (non-hydrogen) atoms. The van der Waals surface area contributed by atoms with Crippen molar-refractivity contribution < 1.29 is 28.1 Å². The lowest BCUT2D eigenvalue weighted by Crippen LogP contribution is -2.28. The van der Waals surface area contributed by atoms with Crippen molar-refractivity contribution in [3.8, 4) is 5.75 Å². The molecule has 1 amide bonds. The number of phosphoric acid groups is 1. The van der Waals surface area contributed by atoms with E-state index in [2.05, 4.69) is 16.8 Å². The molecule has 0 aromatic heterocycles. The largest absolute Gasteiger partial charge is 0.524 e. The molecule has 0 heterocycles. The summed E-state index contributed by atoms with van der Waals surface area (Å²) in [6.45, 7) is 2.46. The molecule has 3 N–H and O–H groups in total. The third kappa shape index (κ3) is 6.31. The third-order valence-corrected chi connectivity index (χ3v) is 4.65. The molecule has 0 aliphatic heterocycles. The van der Waals surface area contributed by atoms with Gasteiger partial charge in [-0.1, -0.05) is 62.9 Å². The monoisotopic (exact) mass is 397 g/mol. The number of rotatable bonds is 10. The van der Waals surface area contributed by atoms with Crippen molar-refractivity contribution in [3.05, 3.63) is 42.0 Å². The van der Waals surface area contributed by atoms with Crippen LogP contribution in [-0.2, 0) is 9.36 Å². The predicted octanol–water partition coefficient (Wildman–Crippen LogP) is 4.41. The van der Waals surface area contributed by atoms with Gasteiger partial charge in [0.05, 0.1) is 0 Å².